The van der Waals surface area contributed by atoms with Crippen molar-refractivity contribution < 1.29 is 4.39 Å². The Kier molecular flexibility index (Phi) is 2.50. The van der Waals surface area contributed by atoms with Gasteiger partial charge in [-0.1, -0.05) is 0 Å². The highest BCUT2D eigenvalue weighted by Gasteiger charge is 1.99. The monoisotopic (exact) mass is 210 g/mol. The van der Waals surface area contributed by atoms with Crippen LogP contribution >= 0.6 is 11.6 Å². The lowest BCUT2D eigenvalue weighted by molar-refractivity contribution is 0.627. The predicted octanol–water partition coefficient (Wildman–Crippen LogP) is 2.75. The quantitative estimate of drug-likeness (QED) is 0.697. The van der Waals surface area contributed by atoms with E-state index in [-0.39, 0.29) is 5.82 Å². The highest BCUT2D eigenvalue weighted by molar-refractivity contribution is 6.16. The summed E-state index contributed by atoms with van der Waals surface area (Å²) < 4.78 is 14.3. The van der Waals surface area contributed by atoms with E-state index in [1.165, 1.54) is 12.1 Å². The van der Waals surface area contributed by atoms with E-state index < -0.39 is 0 Å². The van der Waals surface area contributed by atoms with Crippen LogP contribution in [0.4, 0.5) is 4.39 Å². The van der Waals surface area contributed by atoms with Crippen molar-refractivity contribution >= 4 is 11.6 Å². The summed E-state index contributed by atoms with van der Waals surface area (Å²) in [5, 5.41) is 4.19. The SMILES string of the molecule is Fc1ccc(-n2ccc(CCl)n2)cc1. The third-order valence-corrected chi connectivity index (χ3v) is 2.15. The van der Waals surface area contributed by atoms with Crippen LogP contribution in [0.25, 0.3) is 5.69 Å². The van der Waals surface area contributed by atoms with Crippen LogP contribution in [0.5, 0.6) is 0 Å². The van der Waals surface area contributed by atoms with Crippen LogP contribution in [0, 0.1) is 5.82 Å². The van der Waals surface area contributed by atoms with E-state index >= 15 is 0 Å². The lowest BCUT2D eigenvalue weighted by Gasteiger charge is -1.99. The maximum Gasteiger partial charge on any atom is 0.123 e. The van der Waals surface area contributed by atoms with Crippen LogP contribution in [0.1, 0.15) is 5.69 Å². The van der Waals surface area contributed by atoms with Crippen molar-refractivity contribution in [3.05, 3.63) is 48.0 Å². The van der Waals surface area contributed by atoms with E-state index in [4.69, 9.17) is 11.6 Å². The number of hydrogen-bond donors (Lipinski definition) is 0. The summed E-state index contributed by atoms with van der Waals surface area (Å²) in [5.74, 6) is 0.132. The van der Waals surface area contributed by atoms with Crippen LogP contribution in [0.15, 0.2) is 36.5 Å². The molecule has 4 heteroatoms. The molecule has 0 aliphatic carbocycles. The summed E-state index contributed by atoms with van der Waals surface area (Å²) in [6.07, 6.45) is 1.80. The van der Waals surface area contributed by atoms with Crippen LogP contribution in [-0.2, 0) is 5.88 Å². The van der Waals surface area contributed by atoms with Gasteiger partial charge in [-0.15, -0.1) is 11.6 Å². The molecule has 2 nitrogen and oxygen atoms in total. The first-order chi connectivity index (χ1) is 6.79. The molecule has 0 bridgehead atoms. The molecule has 1 aromatic heterocycles. The highest BCUT2D eigenvalue weighted by atomic mass is 35.5. The second-order valence-electron chi connectivity index (χ2n) is 2.86. The molecular weight excluding hydrogens is 203 g/mol. The summed E-state index contributed by atoms with van der Waals surface area (Å²) >= 11 is 5.62. The van der Waals surface area contributed by atoms with Crippen molar-refractivity contribution in [2.45, 2.75) is 5.88 Å². The molecule has 0 fully saturated rings. The van der Waals surface area contributed by atoms with Crippen LogP contribution in [0.3, 0.4) is 0 Å². The van der Waals surface area contributed by atoms with E-state index in [9.17, 15) is 4.39 Å². The lowest BCUT2D eigenvalue weighted by Crippen LogP contribution is -1.95. The topological polar surface area (TPSA) is 17.8 Å². The van der Waals surface area contributed by atoms with Crippen molar-refractivity contribution in [2.24, 2.45) is 0 Å². The number of nitrogens with zero attached hydrogens (tertiary/aromatic N) is 2. The maximum atomic E-state index is 12.6. The van der Waals surface area contributed by atoms with Gasteiger partial charge in [0.1, 0.15) is 5.82 Å². The zero-order valence-corrected chi connectivity index (χ0v) is 8.08. The van der Waals surface area contributed by atoms with Crippen molar-refractivity contribution in [3.8, 4) is 5.69 Å². The summed E-state index contributed by atoms with van der Waals surface area (Å²) in [7, 11) is 0. The molecule has 0 amide bonds. The molecule has 0 spiro atoms. The Bertz CT molecular complexity index is 422. The molecule has 0 saturated carbocycles. The van der Waals surface area contributed by atoms with Gasteiger partial charge in [0.2, 0.25) is 0 Å². The first kappa shape index (κ1) is 9.21. The third kappa shape index (κ3) is 1.77. The number of hydrogen-bond acceptors (Lipinski definition) is 1. The Morgan fingerprint density at radius 2 is 1.93 bits per heavy atom. The van der Waals surface area contributed by atoms with Crippen molar-refractivity contribution in [1.29, 1.82) is 0 Å². The largest absolute Gasteiger partial charge is 0.241 e. The molecule has 1 aromatic carbocycles. The molecule has 0 saturated heterocycles. The normalized spacial score (nSPS) is 10.4. The Labute approximate surface area is 85.9 Å². The van der Waals surface area contributed by atoms with Gasteiger partial charge in [-0.05, 0) is 30.3 Å². The fraction of sp³-hybridized carbons (Fsp3) is 0.100. The van der Waals surface area contributed by atoms with Crippen molar-refractivity contribution in [1.82, 2.24) is 9.78 Å². The van der Waals surface area contributed by atoms with Gasteiger partial charge >= 0.3 is 0 Å². The van der Waals surface area contributed by atoms with Gasteiger partial charge in [0.15, 0.2) is 0 Å². The third-order valence-electron chi connectivity index (χ3n) is 1.87. The van der Waals surface area contributed by atoms with Gasteiger partial charge in [0, 0.05) is 6.20 Å². The Balaban J connectivity index is 2.34. The molecule has 0 unspecified atom stereocenters. The molecule has 0 aliphatic heterocycles. The lowest BCUT2D eigenvalue weighted by atomic mass is 10.3. The Morgan fingerprint density at radius 3 is 2.50 bits per heavy atom. The molecule has 72 valence electrons. The molecule has 0 aliphatic rings. The van der Waals surface area contributed by atoms with E-state index in [1.54, 1.807) is 23.0 Å². The smallest absolute Gasteiger partial charge is 0.123 e. The minimum atomic E-state index is -0.251. The molecular formula is C10H8ClFN2. The summed E-state index contributed by atoms with van der Waals surface area (Å²) in [4.78, 5) is 0. The molecule has 1 heterocycles. The van der Waals surface area contributed by atoms with Gasteiger partial charge in [-0.3, -0.25) is 0 Å². The molecule has 2 aromatic rings. The highest BCUT2D eigenvalue weighted by Crippen LogP contribution is 2.09. The summed E-state index contributed by atoms with van der Waals surface area (Å²) in [6, 6.07) is 7.96. The van der Waals surface area contributed by atoms with Gasteiger partial charge < -0.3 is 0 Å². The zero-order valence-electron chi connectivity index (χ0n) is 7.32. The first-order valence-corrected chi connectivity index (χ1v) is 4.69. The minimum Gasteiger partial charge on any atom is -0.241 e. The summed E-state index contributed by atoms with van der Waals surface area (Å²) in [6.45, 7) is 0. The van der Waals surface area contributed by atoms with E-state index in [0.717, 1.165) is 11.4 Å². The van der Waals surface area contributed by atoms with E-state index in [1.807, 2.05) is 6.07 Å². The van der Waals surface area contributed by atoms with Crippen LogP contribution in [0.2, 0.25) is 0 Å². The van der Waals surface area contributed by atoms with Crippen molar-refractivity contribution in [3.63, 3.8) is 0 Å². The van der Waals surface area contributed by atoms with E-state index in [0.29, 0.717) is 5.88 Å². The molecule has 2 rings (SSSR count). The Hall–Kier alpha value is -1.35. The minimum absolute atomic E-state index is 0.251. The van der Waals surface area contributed by atoms with Crippen LogP contribution < -0.4 is 0 Å². The van der Waals surface area contributed by atoms with Gasteiger partial charge in [-0.25, -0.2) is 9.07 Å². The average Bonchev–Trinajstić information content (AvgIpc) is 2.67. The number of aromatic nitrogens is 2. The van der Waals surface area contributed by atoms with Crippen LogP contribution in [-0.4, -0.2) is 9.78 Å². The zero-order chi connectivity index (χ0) is 9.97. The number of benzene rings is 1. The predicted molar refractivity (Wildman–Crippen MR) is 53.1 cm³/mol. The fourth-order valence-electron chi connectivity index (χ4n) is 1.17. The van der Waals surface area contributed by atoms with Gasteiger partial charge in [-0.2, -0.15) is 5.10 Å². The number of alkyl halides is 1. The summed E-state index contributed by atoms with van der Waals surface area (Å²) in [5.41, 5.74) is 1.62. The Morgan fingerprint density at radius 1 is 1.21 bits per heavy atom. The molecule has 0 radical (unpaired) electrons. The average molecular weight is 211 g/mol. The molecule has 0 atom stereocenters. The van der Waals surface area contributed by atoms with Gasteiger partial charge in [0.05, 0.1) is 17.3 Å². The van der Waals surface area contributed by atoms with Gasteiger partial charge in [0.25, 0.3) is 0 Å². The van der Waals surface area contributed by atoms with Crippen molar-refractivity contribution in [2.75, 3.05) is 0 Å². The number of rotatable bonds is 2. The molecule has 0 N–H and O–H groups in total. The second-order valence-corrected chi connectivity index (χ2v) is 3.13. The fourth-order valence-corrected chi connectivity index (χ4v) is 1.31. The maximum absolute atomic E-state index is 12.6. The number of halogens is 2. The molecule has 14 heavy (non-hydrogen) atoms. The standard InChI is InChI=1S/C10H8ClFN2/c11-7-9-5-6-14(13-9)10-3-1-8(12)2-4-10/h1-6H,7H2. The first-order valence-electron chi connectivity index (χ1n) is 4.16. The second kappa shape index (κ2) is 3.80. The van der Waals surface area contributed by atoms with E-state index in [2.05, 4.69) is 5.10 Å².